The van der Waals surface area contributed by atoms with Crippen molar-refractivity contribution in [3.05, 3.63) is 29.8 Å². The number of urea groups is 1. The summed E-state index contributed by atoms with van der Waals surface area (Å²) in [6.07, 6.45) is 0.878. The fraction of sp³-hybridized carbons (Fsp3) is 0.429. The van der Waals surface area contributed by atoms with Gasteiger partial charge >= 0.3 is 6.03 Å². The third-order valence-corrected chi connectivity index (χ3v) is 3.24. The fourth-order valence-corrected chi connectivity index (χ4v) is 2.05. The lowest BCUT2D eigenvalue weighted by atomic mass is 10.1. The number of carbonyl (C=O) groups excluding carboxylic acids is 2. The first-order chi connectivity index (χ1) is 9.06. The molecule has 2 N–H and O–H groups in total. The number of anilines is 1. The minimum absolute atomic E-state index is 0.00734. The molecule has 0 aliphatic carbocycles. The van der Waals surface area contributed by atoms with E-state index in [-0.39, 0.29) is 24.0 Å². The minimum Gasteiger partial charge on any atom is -0.376 e. The van der Waals surface area contributed by atoms with Gasteiger partial charge in [-0.25, -0.2) is 4.79 Å². The summed E-state index contributed by atoms with van der Waals surface area (Å²) in [5, 5.41) is 5.61. The Morgan fingerprint density at radius 3 is 2.47 bits per heavy atom. The van der Waals surface area contributed by atoms with E-state index in [0.717, 1.165) is 6.42 Å². The van der Waals surface area contributed by atoms with Crippen LogP contribution in [0.1, 0.15) is 30.6 Å². The van der Waals surface area contributed by atoms with Crippen LogP contribution in [0, 0.1) is 0 Å². The summed E-state index contributed by atoms with van der Waals surface area (Å²) in [5.74, 6) is 0.00734. The van der Waals surface area contributed by atoms with Gasteiger partial charge in [0.2, 0.25) is 0 Å². The summed E-state index contributed by atoms with van der Waals surface area (Å²) in [6, 6.07) is 6.61. The zero-order chi connectivity index (χ0) is 13.8. The number of nitrogens with one attached hydrogen (secondary N) is 2. The molecule has 2 rings (SSSR count). The maximum atomic E-state index is 11.8. The topological polar surface area (TPSA) is 67.4 Å². The van der Waals surface area contributed by atoms with Crippen LogP contribution in [0.3, 0.4) is 0 Å². The second-order valence-electron chi connectivity index (χ2n) is 4.70. The predicted octanol–water partition coefficient (Wildman–Crippen LogP) is 2.19. The molecule has 2 unspecified atom stereocenters. The lowest BCUT2D eigenvalue weighted by Crippen LogP contribution is -2.41. The van der Waals surface area contributed by atoms with Gasteiger partial charge in [0.05, 0.1) is 12.1 Å². The van der Waals surface area contributed by atoms with Gasteiger partial charge in [0.1, 0.15) is 0 Å². The summed E-state index contributed by atoms with van der Waals surface area (Å²) in [6.45, 7) is 4.13. The third kappa shape index (κ3) is 3.54. The Kier molecular flexibility index (Phi) is 4.16. The Bertz CT molecular complexity index is 470. The molecule has 1 aliphatic rings. The van der Waals surface area contributed by atoms with Crippen LogP contribution < -0.4 is 10.6 Å². The molecule has 1 aromatic rings. The quantitative estimate of drug-likeness (QED) is 0.820. The largest absolute Gasteiger partial charge is 0.376 e. The van der Waals surface area contributed by atoms with E-state index < -0.39 is 0 Å². The van der Waals surface area contributed by atoms with Gasteiger partial charge in [-0.2, -0.15) is 0 Å². The highest BCUT2D eigenvalue weighted by Gasteiger charge is 2.25. The van der Waals surface area contributed by atoms with E-state index in [1.165, 1.54) is 6.92 Å². The van der Waals surface area contributed by atoms with E-state index in [4.69, 9.17) is 4.74 Å². The number of Topliss-reactive ketones (excluding diaryl/α,β-unsaturated/α-hetero) is 1. The van der Waals surface area contributed by atoms with Crippen LogP contribution in [0.15, 0.2) is 24.3 Å². The normalized spacial score (nSPS) is 22.0. The Balaban J connectivity index is 1.89. The maximum Gasteiger partial charge on any atom is 0.319 e. The van der Waals surface area contributed by atoms with E-state index in [9.17, 15) is 9.59 Å². The number of ether oxygens (including phenoxy) is 1. The van der Waals surface area contributed by atoms with Crippen molar-refractivity contribution < 1.29 is 14.3 Å². The van der Waals surface area contributed by atoms with Gasteiger partial charge in [-0.15, -0.1) is 0 Å². The van der Waals surface area contributed by atoms with Crippen molar-refractivity contribution in [3.8, 4) is 0 Å². The fourth-order valence-electron chi connectivity index (χ4n) is 2.05. The molecule has 5 nitrogen and oxygen atoms in total. The van der Waals surface area contributed by atoms with Crippen LogP contribution in [0.4, 0.5) is 10.5 Å². The standard InChI is InChI=1S/C14H18N2O3/c1-9(17)11-3-5-12(6-4-11)15-14(18)16-13-7-8-19-10(13)2/h3-6,10,13H,7-8H2,1-2H3,(H2,15,16,18). The molecule has 0 spiro atoms. The molecule has 1 heterocycles. The number of rotatable bonds is 3. The molecular weight excluding hydrogens is 244 g/mol. The number of carbonyl (C=O) groups is 2. The van der Waals surface area contributed by atoms with Crippen molar-refractivity contribution >= 4 is 17.5 Å². The van der Waals surface area contributed by atoms with Gasteiger partial charge in [-0.3, -0.25) is 4.79 Å². The number of benzene rings is 1. The molecule has 0 aromatic heterocycles. The van der Waals surface area contributed by atoms with Gasteiger partial charge in [0, 0.05) is 17.9 Å². The first-order valence-electron chi connectivity index (χ1n) is 6.36. The Morgan fingerprint density at radius 2 is 1.95 bits per heavy atom. The first kappa shape index (κ1) is 13.5. The Hall–Kier alpha value is -1.88. The summed E-state index contributed by atoms with van der Waals surface area (Å²) in [7, 11) is 0. The van der Waals surface area contributed by atoms with E-state index in [0.29, 0.717) is 17.9 Å². The van der Waals surface area contributed by atoms with Crippen molar-refractivity contribution in [1.82, 2.24) is 5.32 Å². The average Bonchev–Trinajstić information content (AvgIpc) is 2.75. The van der Waals surface area contributed by atoms with Crippen molar-refractivity contribution in [2.24, 2.45) is 0 Å². The monoisotopic (exact) mass is 262 g/mol. The summed E-state index contributed by atoms with van der Waals surface area (Å²) >= 11 is 0. The maximum absolute atomic E-state index is 11.8. The Morgan fingerprint density at radius 1 is 1.26 bits per heavy atom. The molecule has 19 heavy (non-hydrogen) atoms. The van der Waals surface area contributed by atoms with Crippen LogP contribution in [-0.4, -0.2) is 30.6 Å². The van der Waals surface area contributed by atoms with Gasteiger partial charge < -0.3 is 15.4 Å². The highest BCUT2D eigenvalue weighted by Crippen LogP contribution is 2.13. The van der Waals surface area contributed by atoms with Crippen LogP contribution in [0.2, 0.25) is 0 Å². The molecular formula is C14H18N2O3. The molecule has 0 saturated carbocycles. The smallest absolute Gasteiger partial charge is 0.319 e. The van der Waals surface area contributed by atoms with E-state index in [2.05, 4.69) is 10.6 Å². The predicted molar refractivity (Wildman–Crippen MR) is 72.4 cm³/mol. The van der Waals surface area contributed by atoms with Crippen molar-refractivity contribution in [2.45, 2.75) is 32.4 Å². The van der Waals surface area contributed by atoms with Crippen LogP contribution >= 0.6 is 0 Å². The highest BCUT2D eigenvalue weighted by atomic mass is 16.5. The zero-order valence-electron chi connectivity index (χ0n) is 11.1. The molecule has 1 aromatic carbocycles. The molecule has 0 radical (unpaired) electrons. The molecule has 102 valence electrons. The van der Waals surface area contributed by atoms with Gasteiger partial charge in [-0.1, -0.05) is 0 Å². The molecule has 0 bridgehead atoms. The minimum atomic E-state index is -0.252. The lowest BCUT2D eigenvalue weighted by Gasteiger charge is -2.16. The molecule has 1 fully saturated rings. The van der Waals surface area contributed by atoms with Crippen molar-refractivity contribution in [2.75, 3.05) is 11.9 Å². The molecule has 2 atom stereocenters. The number of amides is 2. The molecule has 1 aliphatic heterocycles. The molecule has 1 saturated heterocycles. The van der Waals surface area contributed by atoms with E-state index >= 15 is 0 Å². The lowest BCUT2D eigenvalue weighted by molar-refractivity contribution is 0.101. The van der Waals surface area contributed by atoms with E-state index in [1.54, 1.807) is 24.3 Å². The van der Waals surface area contributed by atoms with Crippen LogP contribution in [0.5, 0.6) is 0 Å². The third-order valence-electron chi connectivity index (χ3n) is 3.24. The second kappa shape index (κ2) is 5.84. The number of ketones is 1. The number of hydrogen-bond donors (Lipinski definition) is 2. The summed E-state index contributed by atoms with van der Waals surface area (Å²) < 4.78 is 5.38. The highest BCUT2D eigenvalue weighted by molar-refractivity contribution is 5.95. The first-order valence-corrected chi connectivity index (χ1v) is 6.36. The SMILES string of the molecule is CC(=O)c1ccc(NC(=O)NC2CCOC2C)cc1. The van der Waals surface area contributed by atoms with Gasteiger partial charge in [0.25, 0.3) is 0 Å². The van der Waals surface area contributed by atoms with Crippen molar-refractivity contribution in [1.29, 1.82) is 0 Å². The van der Waals surface area contributed by atoms with Crippen molar-refractivity contribution in [3.63, 3.8) is 0 Å². The van der Waals surface area contributed by atoms with Gasteiger partial charge in [-0.05, 0) is 44.5 Å². The molecule has 2 amide bonds. The van der Waals surface area contributed by atoms with Crippen LogP contribution in [-0.2, 0) is 4.74 Å². The second-order valence-corrected chi connectivity index (χ2v) is 4.70. The average molecular weight is 262 g/mol. The number of hydrogen-bond acceptors (Lipinski definition) is 3. The summed E-state index contributed by atoms with van der Waals surface area (Å²) in [4.78, 5) is 22.9. The van der Waals surface area contributed by atoms with E-state index in [1.807, 2.05) is 6.92 Å². The zero-order valence-corrected chi connectivity index (χ0v) is 11.1. The van der Waals surface area contributed by atoms with Crippen LogP contribution in [0.25, 0.3) is 0 Å². The summed E-state index contributed by atoms with van der Waals surface area (Å²) in [5.41, 5.74) is 1.29. The molecule has 5 heteroatoms. The Labute approximate surface area is 112 Å². The van der Waals surface area contributed by atoms with Gasteiger partial charge in [0.15, 0.2) is 5.78 Å².